The van der Waals surface area contributed by atoms with Crippen LogP contribution in [0.5, 0.6) is 0 Å². The number of aryl methyl sites for hydroxylation is 2. The molecule has 0 saturated carbocycles. The third-order valence-electron chi connectivity index (χ3n) is 6.81. The van der Waals surface area contributed by atoms with E-state index in [1.165, 1.54) is 42.2 Å². The Labute approximate surface area is 233 Å². The number of hydrogen-bond acceptors (Lipinski definition) is 8. The minimum atomic E-state index is -3.89. The standard InChI is InChI=1S/C28H32N6O3S2/c1-17-12-13-30-27(31-17)34-39(36,37)23-9-7-22(8-10-23)32-25(35)18(2)38-26-20(16-29)14-19-15-21(28(3,4)5)6-11-24(19)33-26/h7-10,12-14,18,21H,6,11,15H2,1-5H3,(H,32,35)(H,30,31,34). The van der Waals surface area contributed by atoms with E-state index in [2.05, 4.69) is 46.8 Å². The lowest BCUT2D eigenvalue weighted by molar-refractivity contribution is -0.115. The highest BCUT2D eigenvalue weighted by molar-refractivity contribution is 8.00. The van der Waals surface area contributed by atoms with Crippen LogP contribution in [-0.4, -0.2) is 34.5 Å². The second kappa shape index (κ2) is 11.3. The first-order chi connectivity index (χ1) is 18.4. The predicted molar refractivity (Wildman–Crippen MR) is 152 cm³/mol. The molecule has 2 atom stereocenters. The maximum atomic E-state index is 12.9. The maximum Gasteiger partial charge on any atom is 0.264 e. The third kappa shape index (κ3) is 6.94. The summed E-state index contributed by atoms with van der Waals surface area (Å²) in [5.41, 5.74) is 3.88. The van der Waals surface area contributed by atoms with Crippen molar-refractivity contribution < 1.29 is 13.2 Å². The van der Waals surface area contributed by atoms with Crippen LogP contribution in [0.2, 0.25) is 0 Å². The van der Waals surface area contributed by atoms with Crippen LogP contribution in [0, 0.1) is 29.6 Å². The molecule has 39 heavy (non-hydrogen) atoms. The molecular formula is C28H32N6O3S2. The van der Waals surface area contributed by atoms with Gasteiger partial charge in [-0.2, -0.15) is 5.26 Å². The van der Waals surface area contributed by atoms with Gasteiger partial charge in [0.25, 0.3) is 10.0 Å². The van der Waals surface area contributed by atoms with Crippen molar-refractivity contribution >= 4 is 39.3 Å². The normalized spacial score (nSPS) is 16.1. The molecule has 0 spiro atoms. The van der Waals surface area contributed by atoms with Crippen LogP contribution >= 0.6 is 11.8 Å². The number of fused-ring (bicyclic) bond motifs is 1. The van der Waals surface area contributed by atoms with Gasteiger partial charge in [0.15, 0.2) is 0 Å². The van der Waals surface area contributed by atoms with Gasteiger partial charge in [0, 0.05) is 23.3 Å². The number of thioether (sulfide) groups is 1. The van der Waals surface area contributed by atoms with Crippen molar-refractivity contribution in [2.24, 2.45) is 11.3 Å². The molecule has 2 aromatic heterocycles. The summed E-state index contributed by atoms with van der Waals surface area (Å²) < 4.78 is 27.7. The third-order valence-corrected chi connectivity index (χ3v) is 9.25. The van der Waals surface area contributed by atoms with Crippen LogP contribution < -0.4 is 10.0 Å². The van der Waals surface area contributed by atoms with Crippen molar-refractivity contribution in [3.05, 3.63) is 65.1 Å². The summed E-state index contributed by atoms with van der Waals surface area (Å²) in [6, 6.07) is 11.7. The van der Waals surface area contributed by atoms with Crippen LogP contribution in [-0.2, 0) is 27.7 Å². The Balaban J connectivity index is 1.41. The second-order valence-electron chi connectivity index (χ2n) is 10.8. The van der Waals surface area contributed by atoms with Crippen LogP contribution in [0.15, 0.2) is 52.5 Å². The van der Waals surface area contributed by atoms with Crippen LogP contribution in [0.3, 0.4) is 0 Å². The second-order valence-corrected chi connectivity index (χ2v) is 13.8. The van der Waals surface area contributed by atoms with Crippen molar-refractivity contribution in [2.75, 3.05) is 10.0 Å². The molecule has 2 N–H and O–H groups in total. The van der Waals surface area contributed by atoms with Crippen molar-refractivity contribution in [1.29, 1.82) is 5.26 Å². The molecule has 1 aliphatic rings. The molecule has 0 radical (unpaired) electrons. The van der Waals surface area contributed by atoms with E-state index in [0.29, 0.717) is 27.9 Å². The van der Waals surface area contributed by atoms with Gasteiger partial charge < -0.3 is 5.32 Å². The number of anilines is 2. The Morgan fingerprint density at radius 1 is 1.18 bits per heavy atom. The minimum Gasteiger partial charge on any atom is -0.325 e. The van der Waals surface area contributed by atoms with Crippen molar-refractivity contribution in [1.82, 2.24) is 15.0 Å². The first-order valence-electron chi connectivity index (χ1n) is 12.7. The van der Waals surface area contributed by atoms with Crippen LogP contribution in [0.25, 0.3) is 0 Å². The average Bonchev–Trinajstić information content (AvgIpc) is 2.87. The quantitative estimate of drug-likeness (QED) is 0.377. The number of pyridine rings is 1. The van der Waals surface area contributed by atoms with Crippen LogP contribution in [0.4, 0.5) is 11.6 Å². The first kappa shape index (κ1) is 28.5. The van der Waals surface area contributed by atoms with E-state index in [1.54, 1.807) is 19.9 Å². The van der Waals surface area contributed by atoms with E-state index < -0.39 is 15.3 Å². The molecule has 1 aliphatic carbocycles. The molecule has 204 valence electrons. The smallest absolute Gasteiger partial charge is 0.264 e. The molecular weight excluding hydrogens is 532 g/mol. The van der Waals surface area contributed by atoms with Crippen molar-refractivity contribution in [2.45, 2.75) is 69.1 Å². The molecule has 2 heterocycles. The number of aromatic nitrogens is 3. The largest absolute Gasteiger partial charge is 0.325 e. The average molecular weight is 565 g/mol. The highest BCUT2D eigenvalue weighted by Crippen LogP contribution is 2.38. The molecule has 0 aliphatic heterocycles. The number of carbonyl (C=O) groups is 1. The van der Waals surface area contributed by atoms with E-state index in [-0.39, 0.29) is 22.2 Å². The lowest BCUT2D eigenvalue weighted by atomic mass is 9.71. The number of hydrogen-bond donors (Lipinski definition) is 2. The van der Waals surface area contributed by atoms with Gasteiger partial charge in [0.2, 0.25) is 11.9 Å². The molecule has 4 rings (SSSR count). The number of nitrogens with zero attached hydrogens (tertiary/aromatic N) is 4. The molecule has 0 bridgehead atoms. The summed E-state index contributed by atoms with van der Waals surface area (Å²) in [7, 11) is -3.89. The van der Waals surface area contributed by atoms with Crippen molar-refractivity contribution in [3.63, 3.8) is 0 Å². The Kier molecular flexibility index (Phi) is 8.28. The topological polar surface area (TPSA) is 138 Å². The molecule has 2 unspecified atom stereocenters. The van der Waals surface area contributed by atoms with Gasteiger partial charge in [-0.05, 0) is 86.4 Å². The van der Waals surface area contributed by atoms with Crippen molar-refractivity contribution in [3.8, 4) is 6.07 Å². The van der Waals surface area contributed by atoms with Gasteiger partial charge in [-0.3, -0.25) is 4.79 Å². The first-order valence-corrected chi connectivity index (χ1v) is 15.0. The summed E-state index contributed by atoms with van der Waals surface area (Å²) in [5, 5.41) is 12.6. The van der Waals surface area contributed by atoms with Gasteiger partial charge >= 0.3 is 0 Å². The van der Waals surface area contributed by atoms with E-state index in [1.807, 2.05) is 6.07 Å². The van der Waals surface area contributed by atoms with Crippen LogP contribution in [0.1, 0.15) is 56.6 Å². The van der Waals surface area contributed by atoms with Gasteiger partial charge in [-0.25, -0.2) is 28.1 Å². The van der Waals surface area contributed by atoms with E-state index in [0.717, 1.165) is 30.5 Å². The molecule has 1 amide bonds. The minimum absolute atomic E-state index is 0.0126. The Morgan fingerprint density at radius 3 is 2.54 bits per heavy atom. The summed E-state index contributed by atoms with van der Waals surface area (Å²) in [5.74, 6) is 0.243. The summed E-state index contributed by atoms with van der Waals surface area (Å²) >= 11 is 1.25. The van der Waals surface area contributed by atoms with Gasteiger partial charge in [-0.15, -0.1) is 0 Å². The van der Waals surface area contributed by atoms with E-state index in [9.17, 15) is 18.5 Å². The highest BCUT2D eigenvalue weighted by Gasteiger charge is 2.30. The molecule has 3 aromatic rings. The fraction of sp³-hybridized carbons (Fsp3) is 0.393. The maximum absolute atomic E-state index is 12.9. The van der Waals surface area contributed by atoms with Gasteiger partial charge in [-0.1, -0.05) is 32.5 Å². The van der Waals surface area contributed by atoms with Gasteiger partial charge in [0.1, 0.15) is 11.1 Å². The fourth-order valence-corrected chi connectivity index (χ4v) is 6.26. The zero-order valence-electron chi connectivity index (χ0n) is 22.6. The molecule has 0 saturated heterocycles. The fourth-order valence-electron chi connectivity index (χ4n) is 4.41. The number of rotatable bonds is 7. The number of sulfonamides is 1. The highest BCUT2D eigenvalue weighted by atomic mass is 32.2. The Bertz CT molecular complexity index is 1530. The zero-order chi connectivity index (χ0) is 28.4. The summed E-state index contributed by atoms with van der Waals surface area (Å²) in [4.78, 5) is 25.7. The summed E-state index contributed by atoms with van der Waals surface area (Å²) in [6.45, 7) is 10.2. The number of carbonyl (C=O) groups excluding carboxylic acids is 1. The van der Waals surface area contributed by atoms with Gasteiger partial charge in [0.05, 0.1) is 15.7 Å². The lowest BCUT2D eigenvalue weighted by Crippen LogP contribution is -2.27. The predicted octanol–water partition coefficient (Wildman–Crippen LogP) is 5.12. The molecule has 9 nitrogen and oxygen atoms in total. The Hall–Kier alpha value is -3.49. The number of nitriles is 1. The zero-order valence-corrected chi connectivity index (χ0v) is 24.3. The number of nitrogens with one attached hydrogen (secondary N) is 2. The summed E-state index contributed by atoms with van der Waals surface area (Å²) in [6.07, 6.45) is 4.28. The molecule has 11 heteroatoms. The SMILES string of the molecule is Cc1ccnc(NS(=O)(=O)c2ccc(NC(=O)C(C)Sc3nc4c(cc3C#N)CC(C(C)(C)C)CC4)cc2)n1. The molecule has 1 aromatic carbocycles. The monoisotopic (exact) mass is 564 g/mol. The van der Waals surface area contributed by atoms with E-state index in [4.69, 9.17) is 4.98 Å². The Morgan fingerprint density at radius 2 is 1.90 bits per heavy atom. The molecule has 0 fully saturated rings. The van der Waals surface area contributed by atoms with E-state index >= 15 is 0 Å². The lowest BCUT2D eigenvalue weighted by Gasteiger charge is -2.34. The number of benzene rings is 1. The number of amides is 1.